The molecule has 1 aromatic heterocycles. The van der Waals surface area contributed by atoms with Crippen molar-refractivity contribution in [3.63, 3.8) is 0 Å². The lowest BCUT2D eigenvalue weighted by molar-refractivity contribution is -0.146. The molecule has 0 aliphatic heterocycles. The molecular weight excluding hydrogens is 268 g/mol. The maximum absolute atomic E-state index is 11.6. The van der Waals surface area contributed by atoms with Crippen LogP contribution in [-0.4, -0.2) is 23.3 Å². The molecule has 0 spiro atoms. The first kappa shape index (κ1) is 16.6. The third-order valence-corrected chi connectivity index (χ3v) is 2.62. The van der Waals surface area contributed by atoms with Crippen LogP contribution < -0.4 is 0 Å². The van der Waals surface area contributed by atoms with Crippen molar-refractivity contribution in [3.8, 4) is 6.07 Å². The van der Waals surface area contributed by atoms with Crippen molar-refractivity contribution < 1.29 is 14.3 Å². The van der Waals surface area contributed by atoms with E-state index in [2.05, 4.69) is 4.98 Å². The molecular formula is C16H18N2O3. The summed E-state index contributed by atoms with van der Waals surface area (Å²) >= 11 is 0. The number of ether oxygens (including phenoxy) is 1. The van der Waals surface area contributed by atoms with Gasteiger partial charge in [0.25, 0.3) is 0 Å². The van der Waals surface area contributed by atoms with Gasteiger partial charge < -0.3 is 4.74 Å². The fourth-order valence-electron chi connectivity index (χ4n) is 1.58. The third-order valence-electron chi connectivity index (χ3n) is 2.62. The number of nitriles is 1. The number of hydrogen-bond donors (Lipinski definition) is 0. The van der Waals surface area contributed by atoms with Crippen LogP contribution in [0.25, 0.3) is 6.08 Å². The summed E-state index contributed by atoms with van der Waals surface area (Å²) in [5.41, 5.74) is 0.974. The van der Waals surface area contributed by atoms with E-state index >= 15 is 0 Å². The second kappa shape index (κ2) is 10.3. The smallest absolute Gasteiger partial charge is 0.313 e. The summed E-state index contributed by atoms with van der Waals surface area (Å²) in [5, 5.41) is 8.32. The van der Waals surface area contributed by atoms with Crippen molar-refractivity contribution in [1.82, 2.24) is 4.98 Å². The zero-order valence-corrected chi connectivity index (χ0v) is 11.8. The van der Waals surface area contributed by atoms with Gasteiger partial charge in [-0.05, 0) is 24.5 Å². The van der Waals surface area contributed by atoms with Crippen LogP contribution in [0.3, 0.4) is 0 Å². The molecule has 0 aliphatic rings. The number of Topliss-reactive ketones (excluding diaryl/α,β-unsaturated/α-hetero) is 1. The zero-order chi connectivity index (χ0) is 15.3. The minimum atomic E-state index is -0.519. The molecule has 0 unspecified atom stereocenters. The summed E-state index contributed by atoms with van der Waals surface area (Å²) in [5.74, 6) is -0.662. The number of unbranched alkanes of at least 4 members (excludes halogenated alkanes) is 1. The van der Waals surface area contributed by atoms with Crippen molar-refractivity contribution in [2.24, 2.45) is 0 Å². The Morgan fingerprint density at radius 1 is 1.43 bits per heavy atom. The monoisotopic (exact) mass is 286 g/mol. The van der Waals surface area contributed by atoms with Crippen LogP contribution in [0.4, 0.5) is 0 Å². The molecule has 1 heterocycles. The summed E-state index contributed by atoms with van der Waals surface area (Å²) in [4.78, 5) is 26.9. The molecule has 0 amide bonds. The van der Waals surface area contributed by atoms with E-state index in [1.54, 1.807) is 12.4 Å². The number of rotatable bonds is 9. The third kappa shape index (κ3) is 8.32. The van der Waals surface area contributed by atoms with Crippen molar-refractivity contribution >= 4 is 17.8 Å². The first-order valence-corrected chi connectivity index (χ1v) is 6.83. The number of aromatic nitrogens is 1. The second-order valence-corrected chi connectivity index (χ2v) is 4.42. The average molecular weight is 286 g/mol. The van der Waals surface area contributed by atoms with Crippen LogP contribution in [0.1, 0.15) is 37.7 Å². The predicted octanol–water partition coefficient (Wildman–Crippen LogP) is 2.68. The van der Waals surface area contributed by atoms with E-state index in [0.717, 1.165) is 5.56 Å². The number of nitrogens with zero attached hydrogens (tertiary/aromatic N) is 2. The summed E-state index contributed by atoms with van der Waals surface area (Å²) in [7, 11) is 0. The highest BCUT2D eigenvalue weighted by Crippen LogP contribution is 2.03. The average Bonchev–Trinajstić information content (AvgIpc) is 2.49. The largest absolute Gasteiger partial charge is 0.465 e. The van der Waals surface area contributed by atoms with Crippen molar-refractivity contribution in [2.45, 2.75) is 32.1 Å². The molecule has 0 N–H and O–H groups in total. The van der Waals surface area contributed by atoms with Gasteiger partial charge in [-0.3, -0.25) is 14.6 Å². The Morgan fingerprint density at radius 2 is 2.29 bits per heavy atom. The lowest BCUT2D eigenvalue weighted by atomic mass is 10.1. The number of carbonyl (C=O) groups excluding carboxylic acids is 2. The van der Waals surface area contributed by atoms with E-state index in [9.17, 15) is 9.59 Å². The summed E-state index contributed by atoms with van der Waals surface area (Å²) in [6, 6.07) is 5.72. The highest BCUT2D eigenvalue weighted by Gasteiger charge is 2.09. The van der Waals surface area contributed by atoms with Crippen LogP contribution in [-0.2, 0) is 14.3 Å². The first-order chi connectivity index (χ1) is 10.2. The van der Waals surface area contributed by atoms with Crippen LogP contribution in [0.2, 0.25) is 0 Å². The molecule has 0 atom stereocenters. The first-order valence-electron chi connectivity index (χ1n) is 6.83. The normalized spacial score (nSPS) is 10.2. The quantitative estimate of drug-likeness (QED) is 0.396. The van der Waals surface area contributed by atoms with Gasteiger partial charge >= 0.3 is 5.97 Å². The van der Waals surface area contributed by atoms with Gasteiger partial charge in [-0.2, -0.15) is 5.26 Å². The number of ketones is 1. The standard InChI is InChI=1S/C16H18N2O3/c17-9-3-4-11-21-16(20)12-15(19)8-2-1-6-14-7-5-10-18-13-14/h1,5-7,10,13H,2-4,8,11-12H2/b6-1+. The van der Waals surface area contributed by atoms with Gasteiger partial charge in [0.2, 0.25) is 0 Å². The molecule has 5 nitrogen and oxygen atoms in total. The van der Waals surface area contributed by atoms with Gasteiger partial charge in [0.05, 0.1) is 12.7 Å². The van der Waals surface area contributed by atoms with Gasteiger partial charge in [0.15, 0.2) is 0 Å². The lowest BCUT2D eigenvalue weighted by Crippen LogP contribution is -2.11. The van der Waals surface area contributed by atoms with E-state index in [1.165, 1.54) is 0 Å². The zero-order valence-electron chi connectivity index (χ0n) is 11.8. The predicted molar refractivity (Wildman–Crippen MR) is 77.9 cm³/mol. The Bertz CT molecular complexity index is 518. The molecule has 0 aliphatic carbocycles. The van der Waals surface area contributed by atoms with Crippen molar-refractivity contribution in [2.75, 3.05) is 6.61 Å². The topological polar surface area (TPSA) is 80.0 Å². The van der Waals surface area contributed by atoms with E-state index in [0.29, 0.717) is 25.7 Å². The van der Waals surface area contributed by atoms with Crippen molar-refractivity contribution in [3.05, 3.63) is 36.2 Å². The lowest BCUT2D eigenvalue weighted by Gasteiger charge is -2.02. The highest BCUT2D eigenvalue weighted by molar-refractivity contribution is 5.95. The van der Waals surface area contributed by atoms with Crippen LogP contribution >= 0.6 is 0 Å². The second-order valence-electron chi connectivity index (χ2n) is 4.42. The van der Waals surface area contributed by atoms with Gasteiger partial charge in [-0.15, -0.1) is 0 Å². The SMILES string of the molecule is N#CCCCOC(=O)CC(=O)CC/C=C/c1cccnc1. The molecule has 1 rings (SSSR count). The molecule has 0 bridgehead atoms. The van der Waals surface area contributed by atoms with Crippen molar-refractivity contribution in [1.29, 1.82) is 5.26 Å². The van der Waals surface area contributed by atoms with Crippen LogP contribution in [0, 0.1) is 11.3 Å². The Kier molecular flexibility index (Phi) is 8.15. The molecule has 0 saturated heterocycles. The highest BCUT2D eigenvalue weighted by atomic mass is 16.5. The van der Waals surface area contributed by atoms with Gasteiger partial charge in [0, 0.05) is 25.2 Å². The minimum absolute atomic E-state index is 0.142. The maximum Gasteiger partial charge on any atom is 0.313 e. The number of esters is 1. The summed E-state index contributed by atoms with van der Waals surface area (Å²) < 4.78 is 4.85. The number of hydrogen-bond acceptors (Lipinski definition) is 5. The number of carbonyl (C=O) groups is 2. The minimum Gasteiger partial charge on any atom is -0.465 e. The molecule has 0 aromatic carbocycles. The Morgan fingerprint density at radius 3 is 3.00 bits per heavy atom. The van der Waals surface area contributed by atoms with E-state index < -0.39 is 5.97 Å². The number of allylic oxidation sites excluding steroid dienone is 1. The molecule has 21 heavy (non-hydrogen) atoms. The molecule has 5 heteroatoms. The van der Waals surface area contributed by atoms with Crippen LogP contribution in [0.5, 0.6) is 0 Å². The fraction of sp³-hybridized carbons (Fsp3) is 0.375. The van der Waals surface area contributed by atoms with Gasteiger partial charge in [-0.1, -0.05) is 18.2 Å². The number of pyridine rings is 1. The Labute approximate surface area is 124 Å². The summed E-state index contributed by atoms with van der Waals surface area (Å²) in [6.45, 7) is 0.195. The Balaban J connectivity index is 2.15. The maximum atomic E-state index is 11.6. The molecule has 110 valence electrons. The van der Waals surface area contributed by atoms with Gasteiger partial charge in [-0.25, -0.2) is 0 Å². The molecule has 0 saturated carbocycles. The molecule has 1 aromatic rings. The van der Waals surface area contributed by atoms with Crippen LogP contribution in [0.15, 0.2) is 30.6 Å². The molecule has 0 fully saturated rings. The van der Waals surface area contributed by atoms with Gasteiger partial charge in [0.1, 0.15) is 12.2 Å². The molecule has 0 radical (unpaired) electrons. The fourth-order valence-corrected chi connectivity index (χ4v) is 1.58. The Hall–Kier alpha value is -2.48. The van der Waals surface area contributed by atoms with E-state index in [-0.39, 0.29) is 18.8 Å². The summed E-state index contributed by atoms with van der Waals surface area (Å²) in [6.07, 6.45) is 8.74. The van der Waals surface area contributed by atoms with E-state index in [1.807, 2.05) is 30.4 Å². The van der Waals surface area contributed by atoms with E-state index in [4.69, 9.17) is 10.00 Å².